The normalized spacial score (nSPS) is 11.0. The first-order valence-corrected chi connectivity index (χ1v) is 6.97. The quantitative estimate of drug-likeness (QED) is 0.456. The molecule has 0 amide bonds. The number of nitrogens with zero attached hydrogens (tertiary/aromatic N) is 5. The van der Waals surface area contributed by atoms with Crippen molar-refractivity contribution >= 4 is 41.5 Å². The van der Waals surface area contributed by atoms with Crippen LogP contribution in [-0.2, 0) is 20.1 Å². The zero-order chi connectivity index (χ0) is 15.2. The van der Waals surface area contributed by atoms with Crippen molar-refractivity contribution in [3.8, 4) is 0 Å². The number of rotatable bonds is 4. The Hall–Kier alpha value is -1.35. The number of guanidine groups is 1. The fraction of sp³-hybridized carbons (Fsp3) is 0.357. The molecule has 0 bridgehead atoms. The first-order chi connectivity index (χ1) is 10.1. The molecule has 1 N–H and O–H groups in total. The van der Waals surface area contributed by atoms with Crippen molar-refractivity contribution in [2.45, 2.75) is 13.1 Å². The molecule has 0 radical (unpaired) electrons. The van der Waals surface area contributed by atoms with Crippen LogP contribution >= 0.6 is 35.6 Å². The van der Waals surface area contributed by atoms with E-state index in [9.17, 15) is 0 Å². The molecule has 0 aliphatic carbocycles. The summed E-state index contributed by atoms with van der Waals surface area (Å²) in [5.74, 6) is 1.66. The summed E-state index contributed by atoms with van der Waals surface area (Å²) in [7, 11) is 5.61. The number of aliphatic imine (C=N–C) groups is 1. The summed E-state index contributed by atoms with van der Waals surface area (Å²) >= 11 is 5.89. The van der Waals surface area contributed by atoms with E-state index in [1.54, 1.807) is 11.7 Å². The van der Waals surface area contributed by atoms with Gasteiger partial charge in [0.25, 0.3) is 0 Å². The van der Waals surface area contributed by atoms with Gasteiger partial charge in [0, 0.05) is 32.7 Å². The summed E-state index contributed by atoms with van der Waals surface area (Å²) in [6.45, 7) is 1.32. The van der Waals surface area contributed by atoms with Crippen LogP contribution in [0.5, 0.6) is 0 Å². The maximum absolute atomic E-state index is 5.89. The molecule has 2 rings (SSSR count). The van der Waals surface area contributed by atoms with Gasteiger partial charge in [-0.2, -0.15) is 5.10 Å². The topological polar surface area (TPSA) is 58.3 Å². The Balaban J connectivity index is 0.00000242. The van der Waals surface area contributed by atoms with Crippen LogP contribution in [0.4, 0.5) is 0 Å². The van der Waals surface area contributed by atoms with E-state index in [1.165, 1.54) is 11.9 Å². The molecule has 22 heavy (non-hydrogen) atoms. The lowest BCUT2D eigenvalue weighted by Gasteiger charge is -2.22. The van der Waals surface area contributed by atoms with Gasteiger partial charge in [0.1, 0.15) is 12.2 Å². The van der Waals surface area contributed by atoms with E-state index in [1.807, 2.05) is 43.3 Å². The highest BCUT2D eigenvalue weighted by Crippen LogP contribution is 2.11. The lowest BCUT2D eigenvalue weighted by molar-refractivity contribution is 0.474. The zero-order valence-electron chi connectivity index (χ0n) is 12.8. The van der Waals surface area contributed by atoms with Crippen LogP contribution in [0, 0.1) is 0 Å². The fourth-order valence-corrected chi connectivity index (χ4v) is 2.09. The molecule has 0 saturated carbocycles. The standard InChI is InChI=1S/C14H19ClN6.HI/c1-16-14(17-8-13-18-10-19-21(13)3)20(2)9-11-4-6-12(15)7-5-11;/h4-7,10H,8-9H2,1-3H3,(H,16,17);1H. The van der Waals surface area contributed by atoms with Gasteiger partial charge in [-0.3, -0.25) is 9.67 Å². The molecule has 6 nitrogen and oxygen atoms in total. The van der Waals surface area contributed by atoms with Gasteiger partial charge in [-0.1, -0.05) is 23.7 Å². The second-order valence-electron chi connectivity index (χ2n) is 4.68. The molecule has 2 aromatic rings. The minimum absolute atomic E-state index is 0. The smallest absolute Gasteiger partial charge is 0.194 e. The number of halogens is 2. The van der Waals surface area contributed by atoms with Crippen molar-refractivity contribution in [3.05, 3.63) is 47.0 Å². The summed E-state index contributed by atoms with van der Waals surface area (Å²) in [4.78, 5) is 10.5. The first kappa shape index (κ1) is 18.7. The Morgan fingerprint density at radius 2 is 2.05 bits per heavy atom. The second kappa shape index (κ2) is 8.94. The van der Waals surface area contributed by atoms with Crippen molar-refractivity contribution in [3.63, 3.8) is 0 Å². The number of hydrogen-bond donors (Lipinski definition) is 1. The molecule has 120 valence electrons. The Bertz CT molecular complexity index is 610. The van der Waals surface area contributed by atoms with E-state index in [0.717, 1.165) is 23.4 Å². The summed E-state index contributed by atoms with van der Waals surface area (Å²) in [6.07, 6.45) is 1.54. The lowest BCUT2D eigenvalue weighted by atomic mass is 10.2. The third-order valence-electron chi connectivity index (χ3n) is 3.12. The van der Waals surface area contributed by atoms with Crippen LogP contribution in [0.1, 0.15) is 11.4 Å². The third-order valence-corrected chi connectivity index (χ3v) is 3.37. The molecule has 8 heteroatoms. The largest absolute Gasteiger partial charge is 0.349 e. The SMILES string of the molecule is CN=C(NCc1ncnn1C)N(C)Cc1ccc(Cl)cc1.I. The van der Waals surface area contributed by atoms with Gasteiger partial charge >= 0.3 is 0 Å². The van der Waals surface area contributed by atoms with Crippen molar-refractivity contribution in [2.24, 2.45) is 12.0 Å². The summed E-state index contributed by atoms with van der Waals surface area (Å²) in [6, 6.07) is 7.80. The molecule has 1 aromatic carbocycles. The van der Waals surface area contributed by atoms with Crippen molar-refractivity contribution < 1.29 is 0 Å². The first-order valence-electron chi connectivity index (χ1n) is 6.59. The highest BCUT2D eigenvalue weighted by molar-refractivity contribution is 14.0. The average molecular weight is 435 g/mol. The summed E-state index contributed by atoms with van der Waals surface area (Å²) < 4.78 is 1.74. The Labute approximate surface area is 152 Å². The molecule has 1 aromatic heterocycles. The molecule has 0 atom stereocenters. The maximum Gasteiger partial charge on any atom is 0.194 e. The molecular weight excluding hydrogens is 415 g/mol. The van der Waals surface area contributed by atoms with Crippen LogP contribution in [0.3, 0.4) is 0 Å². The van der Waals surface area contributed by atoms with Crippen molar-refractivity contribution in [1.82, 2.24) is 25.0 Å². The maximum atomic E-state index is 5.89. The van der Waals surface area contributed by atoms with E-state index in [2.05, 4.69) is 20.4 Å². The van der Waals surface area contributed by atoms with E-state index >= 15 is 0 Å². The predicted octanol–water partition coefficient (Wildman–Crippen LogP) is 2.29. The van der Waals surface area contributed by atoms with Crippen LogP contribution in [0.15, 0.2) is 35.6 Å². The number of aryl methyl sites for hydroxylation is 1. The predicted molar refractivity (Wildman–Crippen MR) is 99.5 cm³/mol. The average Bonchev–Trinajstić information content (AvgIpc) is 2.88. The van der Waals surface area contributed by atoms with Crippen LogP contribution in [-0.4, -0.2) is 39.7 Å². The van der Waals surface area contributed by atoms with E-state index in [-0.39, 0.29) is 24.0 Å². The Morgan fingerprint density at radius 1 is 1.36 bits per heavy atom. The fourth-order valence-electron chi connectivity index (χ4n) is 1.96. The van der Waals surface area contributed by atoms with Gasteiger partial charge in [0.2, 0.25) is 0 Å². The van der Waals surface area contributed by atoms with Crippen LogP contribution in [0.2, 0.25) is 5.02 Å². The number of aromatic nitrogens is 3. The van der Waals surface area contributed by atoms with Gasteiger partial charge in [-0.05, 0) is 17.7 Å². The molecular formula is C14H20ClIN6. The summed E-state index contributed by atoms with van der Waals surface area (Å²) in [5, 5.41) is 8.05. The van der Waals surface area contributed by atoms with Crippen LogP contribution < -0.4 is 5.32 Å². The number of benzene rings is 1. The van der Waals surface area contributed by atoms with Gasteiger partial charge < -0.3 is 10.2 Å². The highest BCUT2D eigenvalue weighted by Gasteiger charge is 2.08. The van der Waals surface area contributed by atoms with E-state index < -0.39 is 0 Å². The van der Waals surface area contributed by atoms with Gasteiger partial charge in [-0.25, -0.2) is 4.98 Å². The molecule has 0 fully saturated rings. The lowest BCUT2D eigenvalue weighted by Crippen LogP contribution is -2.38. The summed E-state index contributed by atoms with van der Waals surface area (Å²) in [5.41, 5.74) is 1.17. The minimum Gasteiger partial charge on any atom is -0.349 e. The molecule has 0 saturated heterocycles. The number of nitrogens with one attached hydrogen (secondary N) is 1. The Kier molecular flexibility index (Phi) is 7.60. The van der Waals surface area contributed by atoms with Crippen molar-refractivity contribution in [2.75, 3.05) is 14.1 Å². The zero-order valence-corrected chi connectivity index (χ0v) is 15.9. The molecule has 0 unspecified atom stereocenters. The van der Waals surface area contributed by atoms with E-state index in [0.29, 0.717) is 6.54 Å². The second-order valence-corrected chi connectivity index (χ2v) is 5.12. The molecule has 0 spiro atoms. The van der Waals surface area contributed by atoms with Crippen molar-refractivity contribution in [1.29, 1.82) is 0 Å². The van der Waals surface area contributed by atoms with Gasteiger partial charge in [0.05, 0.1) is 6.54 Å². The molecule has 0 aliphatic heterocycles. The molecule has 1 heterocycles. The van der Waals surface area contributed by atoms with Crippen LogP contribution in [0.25, 0.3) is 0 Å². The van der Waals surface area contributed by atoms with Gasteiger partial charge in [0.15, 0.2) is 5.96 Å². The van der Waals surface area contributed by atoms with Gasteiger partial charge in [-0.15, -0.1) is 24.0 Å². The molecule has 0 aliphatic rings. The minimum atomic E-state index is 0. The monoisotopic (exact) mass is 434 g/mol. The Morgan fingerprint density at radius 3 is 2.59 bits per heavy atom. The number of hydrogen-bond acceptors (Lipinski definition) is 3. The highest BCUT2D eigenvalue weighted by atomic mass is 127. The third kappa shape index (κ3) is 5.13. The van der Waals surface area contributed by atoms with E-state index in [4.69, 9.17) is 11.6 Å².